The zero-order valence-electron chi connectivity index (χ0n) is 23.9. The SMILES string of the molecule is CCCCCCC1(C)OC12C(F)CC(C1CCC(C34CCC(CCCCC)(CC3)CC4)CC1)CC2F. The number of epoxide rings is 1. The zero-order valence-corrected chi connectivity index (χ0v) is 23.9. The van der Waals surface area contributed by atoms with Crippen molar-refractivity contribution in [2.45, 2.75) is 179 Å². The topological polar surface area (TPSA) is 12.5 Å². The van der Waals surface area contributed by atoms with Gasteiger partial charge < -0.3 is 4.74 Å². The van der Waals surface area contributed by atoms with Gasteiger partial charge in [0, 0.05) is 0 Å². The number of hydrogen-bond donors (Lipinski definition) is 0. The van der Waals surface area contributed by atoms with E-state index in [1.807, 2.05) is 6.92 Å². The summed E-state index contributed by atoms with van der Waals surface area (Å²) in [5.74, 6) is 1.62. The number of fused-ring (bicyclic) bond motifs is 3. The second kappa shape index (κ2) is 10.8. The second-order valence-electron chi connectivity index (χ2n) is 14.5. The molecule has 1 heterocycles. The lowest BCUT2D eigenvalue weighted by Crippen LogP contribution is -2.50. The third-order valence-electron chi connectivity index (χ3n) is 12.7. The zero-order chi connectivity index (χ0) is 25.4. The summed E-state index contributed by atoms with van der Waals surface area (Å²) < 4.78 is 37.2. The van der Waals surface area contributed by atoms with Crippen molar-refractivity contribution in [1.82, 2.24) is 0 Å². The molecule has 0 aromatic carbocycles. The molecule has 0 aromatic rings. The van der Waals surface area contributed by atoms with E-state index in [2.05, 4.69) is 13.8 Å². The fraction of sp³-hybridized carbons (Fsp3) is 1.00. The third-order valence-corrected chi connectivity index (χ3v) is 12.7. The largest absolute Gasteiger partial charge is 0.356 e. The first-order valence-corrected chi connectivity index (χ1v) is 16.3. The fourth-order valence-corrected chi connectivity index (χ4v) is 10.1. The Labute approximate surface area is 221 Å². The van der Waals surface area contributed by atoms with Crippen LogP contribution in [-0.2, 0) is 4.74 Å². The van der Waals surface area contributed by atoms with Gasteiger partial charge in [-0.05, 0) is 125 Å². The molecule has 0 amide bonds. The van der Waals surface area contributed by atoms with Gasteiger partial charge in [0.25, 0.3) is 0 Å². The van der Waals surface area contributed by atoms with E-state index in [9.17, 15) is 0 Å². The maximum atomic E-state index is 15.6. The fourth-order valence-electron chi connectivity index (χ4n) is 10.1. The molecule has 1 aliphatic heterocycles. The molecule has 0 radical (unpaired) electrons. The molecule has 1 saturated heterocycles. The van der Waals surface area contributed by atoms with E-state index in [1.54, 1.807) is 0 Å². The molecular formula is C33H56F2O. The summed E-state index contributed by atoms with van der Waals surface area (Å²) in [4.78, 5) is 0. The third kappa shape index (κ3) is 4.83. The van der Waals surface area contributed by atoms with Crippen LogP contribution in [0.5, 0.6) is 0 Å². The van der Waals surface area contributed by atoms with Crippen LogP contribution in [0.25, 0.3) is 0 Å². The first kappa shape index (κ1) is 27.4. The summed E-state index contributed by atoms with van der Waals surface area (Å²) >= 11 is 0. The van der Waals surface area contributed by atoms with Crippen LogP contribution in [0.1, 0.15) is 156 Å². The molecule has 3 heteroatoms. The maximum Gasteiger partial charge on any atom is 0.159 e. The van der Waals surface area contributed by atoms with E-state index in [1.165, 1.54) is 103 Å². The normalized spacial score (nSPS) is 48.4. The number of halogens is 2. The molecule has 5 aliphatic carbocycles. The van der Waals surface area contributed by atoms with Gasteiger partial charge in [0.15, 0.2) is 5.60 Å². The highest BCUT2D eigenvalue weighted by Crippen LogP contribution is 2.65. The Kier molecular flexibility index (Phi) is 8.19. The Morgan fingerprint density at radius 1 is 0.667 bits per heavy atom. The van der Waals surface area contributed by atoms with Crippen molar-refractivity contribution in [2.24, 2.45) is 28.6 Å². The van der Waals surface area contributed by atoms with Gasteiger partial charge in [-0.25, -0.2) is 8.78 Å². The lowest BCUT2D eigenvalue weighted by Gasteiger charge is -2.58. The first-order chi connectivity index (χ1) is 17.3. The van der Waals surface area contributed by atoms with Crippen molar-refractivity contribution in [2.75, 3.05) is 0 Å². The quantitative estimate of drug-likeness (QED) is 0.200. The summed E-state index contributed by atoms with van der Waals surface area (Å²) in [6.45, 7) is 6.50. The second-order valence-corrected chi connectivity index (χ2v) is 14.5. The molecule has 1 nitrogen and oxygen atoms in total. The van der Waals surface area contributed by atoms with Crippen LogP contribution in [0.2, 0.25) is 0 Å². The van der Waals surface area contributed by atoms with Gasteiger partial charge in [0.1, 0.15) is 17.9 Å². The Morgan fingerprint density at radius 2 is 1.22 bits per heavy atom. The lowest BCUT2D eigenvalue weighted by atomic mass is 9.47. The van der Waals surface area contributed by atoms with Crippen molar-refractivity contribution in [3.05, 3.63) is 0 Å². The molecule has 5 saturated carbocycles. The van der Waals surface area contributed by atoms with E-state index < -0.39 is 23.5 Å². The molecule has 1 spiro atoms. The van der Waals surface area contributed by atoms with Gasteiger partial charge in [-0.2, -0.15) is 0 Å². The highest BCUT2D eigenvalue weighted by molar-refractivity contribution is 5.23. The predicted molar refractivity (Wildman–Crippen MR) is 146 cm³/mol. The van der Waals surface area contributed by atoms with Crippen molar-refractivity contribution < 1.29 is 13.5 Å². The van der Waals surface area contributed by atoms with Crippen LogP contribution >= 0.6 is 0 Å². The summed E-state index contributed by atoms with van der Waals surface area (Å²) in [6.07, 6.45) is 23.7. The highest BCUT2D eigenvalue weighted by atomic mass is 19.1. The number of rotatable bonds is 11. The van der Waals surface area contributed by atoms with Crippen LogP contribution in [0, 0.1) is 28.6 Å². The number of unbranched alkanes of at least 4 members (excludes halogenated alkanes) is 5. The minimum atomic E-state index is -1.13. The summed E-state index contributed by atoms with van der Waals surface area (Å²) in [5, 5.41) is 0. The number of ether oxygens (including phenoxy) is 1. The van der Waals surface area contributed by atoms with Crippen LogP contribution < -0.4 is 0 Å². The molecular weight excluding hydrogens is 450 g/mol. The average molecular weight is 507 g/mol. The monoisotopic (exact) mass is 506 g/mol. The average Bonchev–Trinajstić information content (AvgIpc) is 3.53. The molecule has 6 aliphatic rings. The van der Waals surface area contributed by atoms with Crippen LogP contribution in [-0.4, -0.2) is 23.5 Å². The highest BCUT2D eigenvalue weighted by Gasteiger charge is 2.76. The Balaban J connectivity index is 1.10. The molecule has 6 fully saturated rings. The van der Waals surface area contributed by atoms with Crippen LogP contribution in [0.4, 0.5) is 8.78 Å². The van der Waals surface area contributed by atoms with Crippen LogP contribution in [0.3, 0.4) is 0 Å². The van der Waals surface area contributed by atoms with Crippen molar-refractivity contribution >= 4 is 0 Å². The minimum Gasteiger partial charge on any atom is -0.356 e. The van der Waals surface area contributed by atoms with Crippen molar-refractivity contribution in [1.29, 1.82) is 0 Å². The molecule has 2 bridgehead atoms. The van der Waals surface area contributed by atoms with Gasteiger partial charge in [0.2, 0.25) is 0 Å². The molecule has 6 rings (SSSR count). The predicted octanol–water partition coefficient (Wildman–Crippen LogP) is 10.3. The van der Waals surface area contributed by atoms with Gasteiger partial charge in [-0.1, -0.05) is 58.8 Å². The first-order valence-electron chi connectivity index (χ1n) is 16.3. The van der Waals surface area contributed by atoms with E-state index in [0.29, 0.717) is 29.6 Å². The van der Waals surface area contributed by atoms with E-state index in [-0.39, 0.29) is 5.92 Å². The maximum absolute atomic E-state index is 15.6. The van der Waals surface area contributed by atoms with Gasteiger partial charge in [-0.15, -0.1) is 0 Å². The minimum absolute atomic E-state index is 0.219. The molecule has 208 valence electrons. The summed E-state index contributed by atoms with van der Waals surface area (Å²) in [7, 11) is 0. The molecule has 0 aromatic heterocycles. The van der Waals surface area contributed by atoms with E-state index in [0.717, 1.165) is 25.2 Å². The van der Waals surface area contributed by atoms with Gasteiger partial charge >= 0.3 is 0 Å². The smallest absolute Gasteiger partial charge is 0.159 e. The number of hydrogen-bond acceptors (Lipinski definition) is 1. The van der Waals surface area contributed by atoms with Crippen molar-refractivity contribution in [3.8, 4) is 0 Å². The Morgan fingerprint density at radius 3 is 1.81 bits per heavy atom. The standard InChI is InChI=1S/C33H56F2O/c1-4-6-8-10-15-30(3)33(36-30)28(34)23-26(24-29(33)35)25-11-13-27(14-12-25)32-20-17-31(18-21-32,19-22-32)16-9-7-5-2/h25-29H,4-24H2,1-3H3. The summed E-state index contributed by atoms with van der Waals surface area (Å²) in [6, 6.07) is 0. The molecule has 3 atom stereocenters. The lowest BCUT2D eigenvalue weighted by molar-refractivity contribution is -0.0715. The van der Waals surface area contributed by atoms with Crippen LogP contribution in [0.15, 0.2) is 0 Å². The Hall–Kier alpha value is -0.180. The summed E-state index contributed by atoms with van der Waals surface area (Å²) in [5.41, 5.74) is -0.399. The van der Waals surface area contributed by atoms with E-state index >= 15 is 8.78 Å². The molecule has 36 heavy (non-hydrogen) atoms. The number of alkyl halides is 2. The van der Waals surface area contributed by atoms with Crippen molar-refractivity contribution in [3.63, 3.8) is 0 Å². The van der Waals surface area contributed by atoms with Gasteiger partial charge in [-0.3, -0.25) is 0 Å². The molecule has 3 unspecified atom stereocenters. The van der Waals surface area contributed by atoms with E-state index in [4.69, 9.17) is 4.74 Å². The Bertz CT molecular complexity index is 691. The molecule has 0 N–H and O–H groups in total. The van der Waals surface area contributed by atoms with Gasteiger partial charge in [0.05, 0.1) is 0 Å².